The molecule has 0 unspecified atom stereocenters. The van der Waals surface area contributed by atoms with Crippen molar-refractivity contribution in [1.82, 2.24) is 10.2 Å². The predicted octanol–water partition coefficient (Wildman–Crippen LogP) is 3.37. The van der Waals surface area contributed by atoms with Gasteiger partial charge in [-0.3, -0.25) is 14.4 Å². The molecule has 2 bridgehead atoms. The number of amides is 3. The number of carbonyl (C=O) groups excluding carboxylic acids is 3. The van der Waals surface area contributed by atoms with E-state index < -0.39 is 35.7 Å². The Labute approximate surface area is 239 Å². The lowest BCUT2D eigenvalue weighted by atomic mass is 9.74. The van der Waals surface area contributed by atoms with E-state index in [0.717, 1.165) is 37.7 Å². The van der Waals surface area contributed by atoms with Crippen LogP contribution in [-0.4, -0.2) is 65.7 Å². The fraction of sp³-hybridized carbons (Fsp3) is 0.469. The normalized spacial score (nSPS) is 31.7. The zero-order valence-corrected chi connectivity index (χ0v) is 23.1. The fourth-order valence-corrected chi connectivity index (χ4v) is 7.23. The Morgan fingerprint density at radius 1 is 1.00 bits per heavy atom. The first kappa shape index (κ1) is 26.1. The van der Waals surface area contributed by atoms with Crippen LogP contribution in [0.2, 0.25) is 0 Å². The van der Waals surface area contributed by atoms with Gasteiger partial charge in [0, 0.05) is 11.7 Å². The molecule has 0 aromatic heterocycles. The third-order valence-corrected chi connectivity index (χ3v) is 9.16. The molecule has 7 rings (SSSR count). The second-order valence-corrected chi connectivity index (χ2v) is 11.9. The molecule has 2 N–H and O–H groups in total. The Balaban J connectivity index is 1.18. The summed E-state index contributed by atoms with van der Waals surface area (Å²) in [4.78, 5) is 43.5. The summed E-state index contributed by atoms with van der Waals surface area (Å²) in [6.07, 6.45) is 7.76. The number of benzene rings is 2. The third kappa shape index (κ3) is 4.47. The van der Waals surface area contributed by atoms with Crippen LogP contribution in [0.1, 0.15) is 37.7 Å². The lowest BCUT2D eigenvalue weighted by molar-refractivity contribution is -0.143. The Hall–Kier alpha value is -3.85. The number of anilines is 1. The van der Waals surface area contributed by atoms with Crippen molar-refractivity contribution >= 4 is 23.4 Å². The minimum Gasteiger partial charge on any atom is -0.486 e. The average molecular weight is 558 g/mol. The van der Waals surface area contributed by atoms with Crippen molar-refractivity contribution in [3.63, 3.8) is 0 Å². The summed E-state index contributed by atoms with van der Waals surface area (Å²) < 4.78 is 18.6. The van der Waals surface area contributed by atoms with Crippen molar-refractivity contribution in [1.29, 1.82) is 0 Å². The van der Waals surface area contributed by atoms with E-state index in [9.17, 15) is 14.4 Å². The van der Waals surface area contributed by atoms with Crippen molar-refractivity contribution in [3.8, 4) is 11.5 Å². The number of nitrogens with one attached hydrogen (secondary N) is 2. The van der Waals surface area contributed by atoms with E-state index in [4.69, 9.17) is 14.2 Å². The fourth-order valence-electron chi connectivity index (χ4n) is 7.23. The predicted molar refractivity (Wildman–Crippen MR) is 150 cm³/mol. The smallest absolute Gasteiger partial charge is 0.246 e. The second kappa shape index (κ2) is 10.2. The molecule has 3 amide bonds. The molecule has 9 nitrogen and oxygen atoms in total. The van der Waals surface area contributed by atoms with E-state index in [2.05, 4.69) is 10.6 Å². The van der Waals surface area contributed by atoms with E-state index >= 15 is 0 Å². The van der Waals surface area contributed by atoms with Crippen molar-refractivity contribution in [2.45, 2.75) is 68.9 Å². The number of aryl methyl sites for hydroxylation is 1. The molecule has 1 spiro atoms. The molecule has 41 heavy (non-hydrogen) atoms. The summed E-state index contributed by atoms with van der Waals surface area (Å²) in [6, 6.07) is 14.1. The lowest BCUT2D eigenvalue weighted by Gasteiger charge is -2.36. The van der Waals surface area contributed by atoms with Crippen LogP contribution in [0.15, 0.2) is 60.7 Å². The van der Waals surface area contributed by atoms with Gasteiger partial charge in [0.2, 0.25) is 17.7 Å². The van der Waals surface area contributed by atoms with Gasteiger partial charge in [0.1, 0.15) is 18.2 Å². The summed E-state index contributed by atoms with van der Waals surface area (Å²) in [6.45, 7) is 2.36. The first-order valence-electron chi connectivity index (χ1n) is 14.7. The summed E-state index contributed by atoms with van der Waals surface area (Å²) in [5.74, 6) is -1.12. The molecule has 2 saturated heterocycles. The molecular weight excluding hydrogens is 522 g/mol. The van der Waals surface area contributed by atoms with Crippen LogP contribution in [0.3, 0.4) is 0 Å². The summed E-state index contributed by atoms with van der Waals surface area (Å²) in [5.41, 5.74) is 0.517. The van der Waals surface area contributed by atoms with Gasteiger partial charge in [-0.1, -0.05) is 61.2 Å². The Kier molecular flexibility index (Phi) is 6.49. The standard InChI is InChI=1S/C32H35N3O6/c1-19-11-13-21(14-12-19)33-29(36)26-25-15-16-32(41-25)27(26)31(38)35(28(32)30(37)34-20-7-3-2-4-8-20)17-22-18-39-23-9-5-6-10-24(23)40-22/h5-6,9-16,20,22,25-28H,2-4,7-8,17-18H2,1H3,(H,33,36)(H,34,37)/t22-,25+,26-,27+,28+,32+/m0/s1. The maximum atomic E-state index is 14.3. The topological polar surface area (TPSA) is 106 Å². The van der Waals surface area contributed by atoms with E-state index in [1.165, 1.54) is 0 Å². The van der Waals surface area contributed by atoms with E-state index in [-0.39, 0.29) is 36.9 Å². The maximum absolute atomic E-state index is 14.3. The molecule has 4 heterocycles. The van der Waals surface area contributed by atoms with Gasteiger partial charge < -0.3 is 29.7 Å². The van der Waals surface area contributed by atoms with Crippen LogP contribution < -0.4 is 20.1 Å². The minimum atomic E-state index is -1.22. The molecule has 9 heteroatoms. The Bertz CT molecular complexity index is 1390. The number of nitrogens with zero attached hydrogens (tertiary/aromatic N) is 1. The molecule has 1 aliphatic carbocycles. The van der Waals surface area contributed by atoms with E-state index in [1.54, 1.807) is 4.90 Å². The molecular formula is C32H35N3O6. The lowest BCUT2D eigenvalue weighted by Crippen LogP contribution is -2.58. The van der Waals surface area contributed by atoms with Gasteiger partial charge in [-0.2, -0.15) is 0 Å². The minimum absolute atomic E-state index is 0.0630. The van der Waals surface area contributed by atoms with Gasteiger partial charge >= 0.3 is 0 Å². The van der Waals surface area contributed by atoms with Crippen LogP contribution in [0.25, 0.3) is 0 Å². The Morgan fingerprint density at radius 3 is 2.54 bits per heavy atom. The SMILES string of the molecule is Cc1ccc(NC(=O)[C@H]2[C@H]3C=C[C@@]4(O3)[C@H]2C(=O)N(C[C@H]2COc3ccccc3O2)[C@@H]4C(=O)NC2CCCCC2)cc1. The highest BCUT2D eigenvalue weighted by atomic mass is 16.6. The van der Waals surface area contributed by atoms with Crippen LogP contribution in [0, 0.1) is 18.8 Å². The number of para-hydroxylation sites is 2. The maximum Gasteiger partial charge on any atom is 0.246 e. The molecule has 214 valence electrons. The monoisotopic (exact) mass is 557 g/mol. The van der Waals surface area contributed by atoms with Gasteiger partial charge in [-0.05, 0) is 44.0 Å². The number of likely N-dealkylation sites (tertiary alicyclic amines) is 1. The molecule has 5 aliphatic rings. The molecule has 0 radical (unpaired) electrons. The number of ether oxygens (including phenoxy) is 3. The molecule has 2 aromatic carbocycles. The highest BCUT2D eigenvalue weighted by Gasteiger charge is 2.73. The number of carbonyl (C=O) groups is 3. The molecule has 4 aliphatic heterocycles. The van der Waals surface area contributed by atoms with E-state index in [1.807, 2.05) is 67.6 Å². The van der Waals surface area contributed by atoms with Crippen LogP contribution >= 0.6 is 0 Å². The summed E-state index contributed by atoms with van der Waals surface area (Å²) in [5, 5.41) is 6.20. The quantitative estimate of drug-likeness (QED) is 0.528. The second-order valence-electron chi connectivity index (χ2n) is 11.9. The molecule has 1 saturated carbocycles. The number of hydrogen-bond acceptors (Lipinski definition) is 6. The zero-order valence-electron chi connectivity index (χ0n) is 23.1. The number of fused-ring (bicyclic) bond motifs is 2. The number of hydrogen-bond donors (Lipinski definition) is 2. The van der Waals surface area contributed by atoms with Crippen molar-refractivity contribution < 1.29 is 28.6 Å². The van der Waals surface area contributed by atoms with Gasteiger partial charge in [0.05, 0.1) is 24.5 Å². The summed E-state index contributed by atoms with van der Waals surface area (Å²) in [7, 11) is 0. The molecule has 2 aromatic rings. The molecule has 3 fully saturated rings. The van der Waals surface area contributed by atoms with Gasteiger partial charge in [0.15, 0.2) is 17.6 Å². The van der Waals surface area contributed by atoms with Gasteiger partial charge in [-0.15, -0.1) is 0 Å². The van der Waals surface area contributed by atoms with Crippen molar-refractivity contribution in [3.05, 3.63) is 66.2 Å². The van der Waals surface area contributed by atoms with Crippen LogP contribution in [-0.2, 0) is 19.1 Å². The average Bonchev–Trinajstić information content (AvgIpc) is 3.62. The van der Waals surface area contributed by atoms with Crippen molar-refractivity contribution in [2.75, 3.05) is 18.5 Å². The summed E-state index contributed by atoms with van der Waals surface area (Å²) >= 11 is 0. The highest BCUT2D eigenvalue weighted by molar-refractivity contribution is 6.02. The first-order chi connectivity index (χ1) is 19.9. The first-order valence-corrected chi connectivity index (χ1v) is 14.7. The van der Waals surface area contributed by atoms with Gasteiger partial charge in [-0.25, -0.2) is 0 Å². The largest absolute Gasteiger partial charge is 0.486 e. The van der Waals surface area contributed by atoms with Crippen molar-refractivity contribution in [2.24, 2.45) is 11.8 Å². The van der Waals surface area contributed by atoms with E-state index in [0.29, 0.717) is 17.2 Å². The molecule has 6 atom stereocenters. The van der Waals surface area contributed by atoms with Crippen LogP contribution in [0.4, 0.5) is 5.69 Å². The van der Waals surface area contributed by atoms with Crippen LogP contribution in [0.5, 0.6) is 11.5 Å². The Morgan fingerprint density at radius 2 is 1.76 bits per heavy atom. The number of rotatable bonds is 6. The zero-order chi connectivity index (χ0) is 28.1. The third-order valence-electron chi connectivity index (χ3n) is 9.16. The van der Waals surface area contributed by atoms with Gasteiger partial charge in [0.25, 0.3) is 0 Å². The highest BCUT2D eigenvalue weighted by Crippen LogP contribution is 2.55.